The second-order valence-electron chi connectivity index (χ2n) is 10.3. The van der Waals surface area contributed by atoms with Gasteiger partial charge in [0.25, 0.3) is 5.79 Å². The van der Waals surface area contributed by atoms with E-state index in [1.165, 1.54) is 0 Å². The van der Waals surface area contributed by atoms with Gasteiger partial charge < -0.3 is 18.9 Å². The van der Waals surface area contributed by atoms with Gasteiger partial charge in [0.05, 0.1) is 7.11 Å². The Kier molecular flexibility index (Phi) is 6.44. The second kappa shape index (κ2) is 10.1. The fourth-order valence-electron chi connectivity index (χ4n) is 5.86. The first-order valence-electron chi connectivity index (χ1n) is 13.4. The van der Waals surface area contributed by atoms with Gasteiger partial charge in [0.2, 0.25) is 5.76 Å². The lowest BCUT2D eigenvalue weighted by Gasteiger charge is -2.47. The van der Waals surface area contributed by atoms with Crippen molar-refractivity contribution in [3.63, 3.8) is 0 Å². The van der Waals surface area contributed by atoms with Crippen molar-refractivity contribution in [3.8, 4) is 5.75 Å². The Balaban J connectivity index is 1.45. The van der Waals surface area contributed by atoms with E-state index in [4.69, 9.17) is 18.9 Å². The Morgan fingerprint density at radius 1 is 0.895 bits per heavy atom. The highest BCUT2D eigenvalue weighted by Gasteiger charge is 2.53. The van der Waals surface area contributed by atoms with Gasteiger partial charge in [-0.1, -0.05) is 61.5 Å². The molecule has 5 nitrogen and oxygen atoms in total. The van der Waals surface area contributed by atoms with Crippen molar-refractivity contribution in [2.24, 2.45) is 5.92 Å². The highest BCUT2D eigenvalue weighted by molar-refractivity contribution is 5.87. The molecule has 1 fully saturated rings. The van der Waals surface area contributed by atoms with Gasteiger partial charge in [-0.05, 0) is 73.2 Å². The van der Waals surface area contributed by atoms with Gasteiger partial charge in [-0.2, -0.15) is 0 Å². The molecule has 1 saturated carbocycles. The monoisotopic (exact) mass is 508 g/mol. The zero-order valence-electron chi connectivity index (χ0n) is 21.8. The van der Waals surface area contributed by atoms with E-state index in [9.17, 15) is 4.79 Å². The number of esters is 1. The molecule has 3 aromatic carbocycles. The van der Waals surface area contributed by atoms with Gasteiger partial charge in [0, 0.05) is 23.0 Å². The average molecular weight is 509 g/mol. The van der Waals surface area contributed by atoms with Crippen LogP contribution in [0.25, 0.3) is 11.8 Å². The Bertz CT molecular complexity index is 1370. The van der Waals surface area contributed by atoms with Gasteiger partial charge in [0.15, 0.2) is 0 Å². The summed E-state index contributed by atoms with van der Waals surface area (Å²) in [5.74, 6) is -0.280. The Morgan fingerprint density at radius 3 is 2.34 bits per heavy atom. The zero-order chi connectivity index (χ0) is 26.1. The molecular formula is C33H32O5. The van der Waals surface area contributed by atoms with E-state index in [1.807, 2.05) is 72.8 Å². The van der Waals surface area contributed by atoms with Crippen LogP contribution >= 0.6 is 0 Å². The Labute approximate surface area is 223 Å². The number of allylic oxidation sites excluding steroid dienone is 1. The summed E-state index contributed by atoms with van der Waals surface area (Å²) in [7, 11) is 1.65. The van der Waals surface area contributed by atoms with Crippen LogP contribution in [0.3, 0.4) is 0 Å². The van der Waals surface area contributed by atoms with Crippen LogP contribution < -0.4 is 4.74 Å². The molecule has 0 amide bonds. The van der Waals surface area contributed by atoms with E-state index in [1.54, 1.807) is 7.11 Å². The standard InChI is InChI=1S/C33H32O5/c1-22-28(23-10-4-3-5-11-23)21-31(32(34)36-27-13-7-8-14-27)38-33(22)29-15-9-6-12-25(29)20-30(37-33)24-16-18-26(35-2)19-17-24/h3-6,9-12,15-22,27-28H,7-8,13-14H2,1-2H3/t22-,28+,33-/m1/s1. The number of benzene rings is 3. The van der Waals surface area contributed by atoms with Crippen LogP contribution in [0, 0.1) is 5.92 Å². The van der Waals surface area contributed by atoms with Crippen molar-refractivity contribution in [1.29, 1.82) is 0 Å². The number of carbonyl (C=O) groups is 1. The van der Waals surface area contributed by atoms with Crippen LogP contribution in [0.4, 0.5) is 0 Å². The average Bonchev–Trinajstić information content (AvgIpc) is 3.48. The van der Waals surface area contributed by atoms with E-state index in [0.717, 1.165) is 53.7 Å². The normalized spacial score (nSPS) is 24.5. The molecule has 0 aromatic heterocycles. The van der Waals surface area contributed by atoms with Crippen molar-refractivity contribution in [2.75, 3.05) is 7.11 Å². The van der Waals surface area contributed by atoms with Crippen LogP contribution in [0.1, 0.15) is 60.8 Å². The fourth-order valence-corrected chi connectivity index (χ4v) is 5.86. The molecule has 3 aliphatic rings. The molecule has 1 aliphatic carbocycles. The van der Waals surface area contributed by atoms with Crippen LogP contribution in [0.2, 0.25) is 0 Å². The topological polar surface area (TPSA) is 54.0 Å². The minimum atomic E-state index is -1.22. The lowest BCUT2D eigenvalue weighted by molar-refractivity contribution is -0.232. The molecule has 0 radical (unpaired) electrons. The summed E-state index contributed by atoms with van der Waals surface area (Å²) in [6.45, 7) is 2.13. The van der Waals surface area contributed by atoms with Crippen molar-refractivity contribution in [3.05, 3.63) is 113 Å². The summed E-state index contributed by atoms with van der Waals surface area (Å²) >= 11 is 0. The lowest BCUT2D eigenvalue weighted by Crippen LogP contribution is -2.47. The predicted molar refractivity (Wildman–Crippen MR) is 146 cm³/mol. The highest BCUT2D eigenvalue weighted by Crippen LogP contribution is 2.53. The number of carbonyl (C=O) groups excluding carboxylic acids is 1. The molecule has 1 spiro atoms. The van der Waals surface area contributed by atoms with Crippen LogP contribution in [-0.4, -0.2) is 19.2 Å². The third-order valence-corrected chi connectivity index (χ3v) is 7.95. The minimum Gasteiger partial charge on any atom is -0.497 e. The van der Waals surface area contributed by atoms with E-state index < -0.39 is 11.8 Å². The number of fused-ring (bicyclic) bond motifs is 2. The first kappa shape index (κ1) is 24.4. The SMILES string of the molecule is COc1ccc(C2=Cc3ccccc3[C@@]3(OC(C(=O)OC4CCCC4)=C[C@H](c4ccccc4)[C@H]3C)O2)cc1. The van der Waals surface area contributed by atoms with E-state index >= 15 is 0 Å². The van der Waals surface area contributed by atoms with Crippen LogP contribution in [-0.2, 0) is 24.8 Å². The Morgan fingerprint density at radius 2 is 1.61 bits per heavy atom. The van der Waals surface area contributed by atoms with Gasteiger partial charge in [-0.15, -0.1) is 0 Å². The van der Waals surface area contributed by atoms with Crippen molar-refractivity contribution in [1.82, 2.24) is 0 Å². The molecule has 194 valence electrons. The summed E-state index contributed by atoms with van der Waals surface area (Å²) in [5, 5.41) is 0. The highest BCUT2D eigenvalue weighted by atomic mass is 16.7. The summed E-state index contributed by atoms with van der Waals surface area (Å²) < 4.78 is 24.8. The third kappa shape index (κ3) is 4.36. The van der Waals surface area contributed by atoms with Gasteiger partial charge >= 0.3 is 5.97 Å². The summed E-state index contributed by atoms with van der Waals surface area (Å²) in [4.78, 5) is 13.5. The molecule has 38 heavy (non-hydrogen) atoms. The molecular weight excluding hydrogens is 476 g/mol. The summed E-state index contributed by atoms with van der Waals surface area (Å²) in [6.07, 6.45) is 7.84. The van der Waals surface area contributed by atoms with Gasteiger partial charge in [-0.3, -0.25) is 0 Å². The van der Waals surface area contributed by atoms with Crippen LogP contribution in [0.15, 0.2) is 90.7 Å². The molecule has 3 aromatic rings. The third-order valence-electron chi connectivity index (χ3n) is 7.95. The maximum absolute atomic E-state index is 13.5. The first-order chi connectivity index (χ1) is 18.6. The smallest absolute Gasteiger partial charge is 0.373 e. The Hall–Kier alpha value is -3.99. The van der Waals surface area contributed by atoms with Crippen molar-refractivity contribution in [2.45, 2.75) is 50.4 Å². The van der Waals surface area contributed by atoms with Crippen LogP contribution in [0.5, 0.6) is 5.75 Å². The molecule has 0 bridgehead atoms. The molecule has 2 heterocycles. The number of hydrogen-bond acceptors (Lipinski definition) is 5. The summed E-state index contributed by atoms with van der Waals surface area (Å²) in [5.41, 5.74) is 3.88. The number of methoxy groups -OCH3 is 1. The maximum Gasteiger partial charge on any atom is 0.373 e. The molecule has 0 unspecified atom stereocenters. The maximum atomic E-state index is 13.5. The minimum absolute atomic E-state index is 0.0632. The lowest BCUT2D eigenvalue weighted by atomic mass is 9.75. The number of hydrogen-bond donors (Lipinski definition) is 0. The number of ether oxygens (including phenoxy) is 4. The quantitative estimate of drug-likeness (QED) is 0.341. The van der Waals surface area contributed by atoms with Gasteiger partial charge in [-0.25, -0.2) is 4.79 Å². The molecule has 0 saturated heterocycles. The van der Waals surface area contributed by atoms with Gasteiger partial charge in [0.1, 0.15) is 17.6 Å². The largest absolute Gasteiger partial charge is 0.497 e. The zero-order valence-corrected chi connectivity index (χ0v) is 21.8. The molecule has 3 atom stereocenters. The van der Waals surface area contributed by atoms with Crippen molar-refractivity contribution < 1.29 is 23.7 Å². The van der Waals surface area contributed by atoms with E-state index in [-0.39, 0.29) is 23.7 Å². The molecule has 0 N–H and O–H groups in total. The molecule has 2 aliphatic heterocycles. The first-order valence-corrected chi connectivity index (χ1v) is 13.4. The molecule has 6 rings (SSSR count). The van der Waals surface area contributed by atoms with E-state index in [2.05, 4.69) is 25.1 Å². The number of rotatable bonds is 5. The predicted octanol–water partition coefficient (Wildman–Crippen LogP) is 7.20. The summed E-state index contributed by atoms with van der Waals surface area (Å²) in [6, 6.07) is 26.1. The van der Waals surface area contributed by atoms with Crippen molar-refractivity contribution >= 4 is 17.8 Å². The fraction of sp³-hybridized carbons (Fsp3) is 0.303. The second-order valence-corrected chi connectivity index (χ2v) is 10.3. The van der Waals surface area contributed by atoms with E-state index in [0.29, 0.717) is 5.76 Å². The molecule has 5 heteroatoms.